The van der Waals surface area contributed by atoms with Crippen molar-refractivity contribution in [3.8, 4) is 0 Å². The number of carbonyl (C=O) groups excluding carboxylic acids is 1. The van der Waals surface area contributed by atoms with Gasteiger partial charge in [0, 0.05) is 19.2 Å². The zero-order valence-corrected chi connectivity index (χ0v) is 13.7. The van der Waals surface area contributed by atoms with Crippen LogP contribution < -0.4 is 0 Å². The second-order valence-electron chi connectivity index (χ2n) is 5.52. The van der Waals surface area contributed by atoms with Crippen LogP contribution in [-0.2, 0) is 0 Å². The van der Waals surface area contributed by atoms with E-state index in [1.807, 2.05) is 0 Å². The molecule has 0 bridgehead atoms. The van der Waals surface area contributed by atoms with Gasteiger partial charge in [-0.15, -0.1) is 0 Å². The Labute approximate surface area is 146 Å². The lowest BCUT2D eigenvalue weighted by atomic mass is 10.1. The van der Waals surface area contributed by atoms with Crippen molar-refractivity contribution in [2.75, 3.05) is 7.05 Å². The Bertz CT molecular complexity index is 871. The summed E-state index contributed by atoms with van der Waals surface area (Å²) in [6.07, 6.45) is 0. The lowest BCUT2D eigenvalue weighted by Gasteiger charge is -2.25. The summed E-state index contributed by atoms with van der Waals surface area (Å²) in [5, 5.41) is 21.9. The summed E-state index contributed by atoms with van der Waals surface area (Å²) in [4.78, 5) is 33.9. The summed E-state index contributed by atoms with van der Waals surface area (Å²) in [6.45, 7) is 1.54. The Morgan fingerprint density at radius 1 is 1.00 bits per heavy atom. The Hall–Kier alpha value is -3.43. The van der Waals surface area contributed by atoms with E-state index in [0.717, 1.165) is 35.2 Å². The number of benzene rings is 2. The SMILES string of the molecule is CC(c1ccc(F)c(F)c1)N(C)C(=O)c1cc([N+](=O)[O-])cc([N+](=O)[O-])c1. The van der Waals surface area contributed by atoms with Gasteiger partial charge in [-0.1, -0.05) is 6.07 Å². The molecule has 2 aromatic carbocycles. The van der Waals surface area contributed by atoms with E-state index in [4.69, 9.17) is 0 Å². The largest absolute Gasteiger partial charge is 0.335 e. The number of nitro groups is 2. The molecule has 0 aliphatic carbocycles. The molecule has 0 saturated carbocycles. The molecule has 2 rings (SSSR count). The highest BCUT2D eigenvalue weighted by Gasteiger charge is 2.25. The second-order valence-corrected chi connectivity index (χ2v) is 5.52. The first kappa shape index (κ1) is 18.9. The fourth-order valence-electron chi connectivity index (χ4n) is 2.30. The third-order valence-electron chi connectivity index (χ3n) is 3.90. The Morgan fingerprint density at radius 3 is 2.00 bits per heavy atom. The fourth-order valence-corrected chi connectivity index (χ4v) is 2.30. The quantitative estimate of drug-likeness (QED) is 0.594. The maximum absolute atomic E-state index is 13.4. The Kier molecular flexibility index (Phi) is 5.24. The zero-order chi connectivity index (χ0) is 19.6. The van der Waals surface area contributed by atoms with Gasteiger partial charge in [-0.05, 0) is 24.6 Å². The van der Waals surface area contributed by atoms with Crippen LogP contribution in [0.25, 0.3) is 0 Å². The van der Waals surface area contributed by atoms with Crippen LogP contribution in [0.3, 0.4) is 0 Å². The van der Waals surface area contributed by atoms with Crippen LogP contribution in [0.1, 0.15) is 28.9 Å². The van der Waals surface area contributed by atoms with Crippen LogP contribution >= 0.6 is 0 Å². The van der Waals surface area contributed by atoms with Crippen molar-refractivity contribution in [2.24, 2.45) is 0 Å². The summed E-state index contributed by atoms with van der Waals surface area (Å²) in [5.41, 5.74) is -1.17. The molecular weight excluding hydrogens is 352 g/mol. The molecule has 0 aliphatic heterocycles. The summed E-state index contributed by atoms with van der Waals surface area (Å²) >= 11 is 0. The number of non-ortho nitro benzene ring substituents is 2. The van der Waals surface area contributed by atoms with Gasteiger partial charge in [0.15, 0.2) is 11.6 Å². The van der Waals surface area contributed by atoms with Gasteiger partial charge in [0.25, 0.3) is 17.3 Å². The maximum Gasteiger partial charge on any atom is 0.277 e. The van der Waals surface area contributed by atoms with E-state index in [0.29, 0.717) is 5.56 Å². The number of rotatable bonds is 5. The van der Waals surface area contributed by atoms with Crippen molar-refractivity contribution in [3.63, 3.8) is 0 Å². The predicted octanol–water partition coefficient (Wildman–Crippen LogP) is 3.61. The van der Waals surface area contributed by atoms with E-state index in [9.17, 15) is 33.8 Å². The number of carbonyl (C=O) groups is 1. The molecule has 136 valence electrons. The minimum absolute atomic E-state index is 0.261. The fraction of sp³-hybridized carbons (Fsp3) is 0.188. The third-order valence-corrected chi connectivity index (χ3v) is 3.90. The highest BCUT2D eigenvalue weighted by atomic mass is 19.2. The molecule has 0 aliphatic rings. The molecule has 1 atom stereocenters. The first-order valence-corrected chi connectivity index (χ1v) is 7.27. The van der Waals surface area contributed by atoms with Crippen molar-refractivity contribution in [1.82, 2.24) is 4.90 Å². The minimum atomic E-state index is -1.08. The van der Waals surface area contributed by atoms with E-state index < -0.39 is 44.8 Å². The van der Waals surface area contributed by atoms with E-state index in [2.05, 4.69) is 0 Å². The van der Waals surface area contributed by atoms with E-state index >= 15 is 0 Å². The standard InChI is InChI=1S/C16H13F2N3O5/c1-9(10-3-4-14(17)15(18)7-10)19(2)16(22)11-5-12(20(23)24)8-13(6-11)21(25)26/h3-9H,1-2H3. The molecule has 0 radical (unpaired) electrons. The monoisotopic (exact) mass is 365 g/mol. The summed E-state index contributed by atoms with van der Waals surface area (Å²) < 4.78 is 26.4. The van der Waals surface area contributed by atoms with Gasteiger partial charge in [0.2, 0.25) is 0 Å². The van der Waals surface area contributed by atoms with Crippen LogP contribution in [-0.4, -0.2) is 27.7 Å². The molecule has 0 spiro atoms. The molecule has 0 N–H and O–H groups in total. The highest BCUT2D eigenvalue weighted by Crippen LogP contribution is 2.26. The average molecular weight is 365 g/mol. The molecule has 0 heterocycles. The minimum Gasteiger partial charge on any atom is -0.335 e. The van der Waals surface area contributed by atoms with Gasteiger partial charge in [0.05, 0.1) is 27.5 Å². The van der Waals surface area contributed by atoms with Crippen LogP contribution in [0.15, 0.2) is 36.4 Å². The van der Waals surface area contributed by atoms with Gasteiger partial charge in [-0.25, -0.2) is 8.78 Å². The van der Waals surface area contributed by atoms with Gasteiger partial charge in [0.1, 0.15) is 0 Å². The number of hydrogen-bond acceptors (Lipinski definition) is 5. The summed E-state index contributed by atoms with van der Waals surface area (Å²) in [5.74, 6) is -2.86. The molecule has 0 aromatic heterocycles. The van der Waals surface area contributed by atoms with Crippen molar-refractivity contribution in [2.45, 2.75) is 13.0 Å². The van der Waals surface area contributed by atoms with Crippen LogP contribution in [0.5, 0.6) is 0 Å². The predicted molar refractivity (Wildman–Crippen MR) is 86.6 cm³/mol. The molecular formula is C16H13F2N3O5. The normalized spacial score (nSPS) is 11.7. The molecule has 10 heteroatoms. The molecule has 0 fully saturated rings. The van der Waals surface area contributed by atoms with E-state index in [-0.39, 0.29) is 5.56 Å². The Balaban J connectivity index is 2.39. The second kappa shape index (κ2) is 7.21. The van der Waals surface area contributed by atoms with Gasteiger partial charge >= 0.3 is 0 Å². The topological polar surface area (TPSA) is 107 Å². The number of nitro benzene ring substituents is 2. The molecule has 0 saturated heterocycles. The van der Waals surface area contributed by atoms with Crippen LogP contribution in [0.4, 0.5) is 20.2 Å². The van der Waals surface area contributed by atoms with E-state index in [1.54, 1.807) is 0 Å². The molecule has 1 amide bonds. The van der Waals surface area contributed by atoms with Gasteiger partial charge in [-0.3, -0.25) is 25.0 Å². The van der Waals surface area contributed by atoms with Crippen molar-refractivity contribution in [1.29, 1.82) is 0 Å². The lowest BCUT2D eigenvalue weighted by molar-refractivity contribution is -0.394. The van der Waals surface area contributed by atoms with Crippen molar-refractivity contribution in [3.05, 3.63) is 79.4 Å². The Morgan fingerprint density at radius 2 is 1.54 bits per heavy atom. The van der Waals surface area contributed by atoms with Crippen LogP contribution in [0.2, 0.25) is 0 Å². The number of amides is 1. The molecule has 2 aromatic rings. The summed E-state index contributed by atoms with van der Waals surface area (Å²) in [6, 6.07) is 5.01. The van der Waals surface area contributed by atoms with Gasteiger partial charge in [-0.2, -0.15) is 0 Å². The zero-order valence-electron chi connectivity index (χ0n) is 13.7. The lowest BCUT2D eigenvalue weighted by Crippen LogP contribution is -2.29. The molecule has 26 heavy (non-hydrogen) atoms. The van der Waals surface area contributed by atoms with E-state index in [1.165, 1.54) is 20.0 Å². The first-order chi connectivity index (χ1) is 12.1. The summed E-state index contributed by atoms with van der Waals surface area (Å²) in [7, 11) is 1.35. The first-order valence-electron chi connectivity index (χ1n) is 7.27. The average Bonchev–Trinajstić information content (AvgIpc) is 2.61. The van der Waals surface area contributed by atoms with Crippen LogP contribution in [0, 0.1) is 31.9 Å². The van der Waals surface area contributed by atoms with Gasteiger partial charge < -0.3 is 4.90 Å². The maximum atomic E-state index is 13.4. The smallest absolute Gasteiger partial charge is 0.277 e. The third kappa shape index (κ3) is 3.79. The van der Waals surface area contributed by atoms with Crippen molar-refractivity contribution < 1.29 is 23.4 Å². The number of halogens is 2. The highest BCUT2D eigenvalue weighted by molar-refractivity contribution is 5.95. The molecule has 8 nitrogen and oxygen atoms in total. The van der Waals surface area contributed by atoms with Crippen molar-refractivity contribution >= 4 is 17.3 Å². The molecule has 1 unspecified atom stereocenters. The number of nitrogens with zero attached hydrogens (tertiary/aromatic N) is 3. The number of hydrogen-bond donors (Lipinski definition) is 0.